The Hall–Kier alpha value is -3.60. The predicted molar refractivity (Wildman–Crippen MR) is 61.4 cm³/mol. The van der Waals surface area contributed by atoms with Gasteiger partial charge in [0.1, 0.15) is 19.7 Å². The number of nitrogens with zero attached hydrogens (tertiary/aromatic N) is 5. The Morgan fingerprint density at radius 3 is 1.25 bits per heavy atom. The number of amides is 2. The molecule has 24 heavy (non-hydrogen) atoms. The number of carbonyl (C=O) groups is 2. The quantitative estimate of drug-likeness (QED) is 0.159. The fourth-order valence-corrected chi connectivity index (χ4v) is 1.21. The number of nitrogens with two attached hydrogens (primary N) is 1. The minimum Gasteiger partial charge on any atom is -0.361 e. The topological polar surface area (TPSA) is 236 Å². The molecule has 0 spiro atoms. The third-order valence-corrected chi connectivity index (χ3v) is 2.40. The molecule has 134 valence electrons. The van der Waals surface area contributed by atoms with E-state index in [1.807, 2.05) is 0 Å². The number of hydrogen-bond acceptors (Lipinski definition) is 10. The summed E-state index contributed by atoms with van der Waals surface area (Å²) in [4.78, 5) is 54.0. The van der Waals surface area contributed by atoms with E-state index in [-0.39, 0.29) is 0 Å². The fourth-order valence-electron chi connectivity index (χ4n) is 1.21. The Labute approximate surface area is 127 Å². The van der Waals surface area contributed by atoms with E-state index in [9.17, 15) is 58.8 Å². The second-order valence-electron chi connectivity index (χ2n) is 3.99. The van der Waals surface area contributed by atoms with Gasteiger partial charge >= 0.3 is 23.6 Å². The first-order chi connectivity index (χ1) is 10.7. The number of primary amides is 1. The van der Waals surface area contributed by atoms with Gasteiger partial charge in [-0.2, -0.15) is 0 Å². The number of alkyl halides is 2. The van der Waals surface area contributed by atoms with Crippen molar-refractivity contribution < 1.29 is 38.1 Å². The van der Waals surface area contributed by atoms with E-state index in [1.165, 1.54) is 0 Å². The van der Waals surface area contributed by atoms with Crippen molar-refractivity contribution in [2.75, 3.05) is 13.1 Å². The van der Waals surface area contributed by atoms with Crippen LogP contribution in [-0.2, 0) is 9.59 Å². The van der Waals surface area contributed by atoms with Gasteiger partial charge in [-0.3, -0.25) is 54.9 Å². The minimum absolute atomic E-state index is 0.806. The Morgan fingerprint density at radius 2 is 1.08 bits per heavy atom. The Bertz CT molecular complexity index is 555. The third kappa shape index (κ3) is 3.78. The molecule has 0 aliphatic carbocycles. The van der Waals surface area contributed by atoms with Gasteiger partial charge in [0.05, 0.1) is 0 Å². The van der Waals surface area contributed by atoms with Gasteiger partial charge in [-0.25, -0.2) is 0 Å². The van der Waals surface area contributed by atoms with E-state index in [2.05, 4.69) is 5.73 Å². The van der Waals surface area contributed by atoms with Crippen LogP contribution >= 0.6 is 0 Å². The molecule has 16 nitrogen and oxygen atoms in total. The van der Waals surface area contributed by atoms with Crippen LogP contribution in [0.3, 0.4) is 0 Å². The van der Waals surface area contributed by atoms with Gasteiger partial charge in [0.25, 0.3) is 0 Å². The summed E-state index contributed by atoms with van der Waals surface area (Å²) in [7, 11) is 0. The molecule has 0 aliphatic rings. The van der Waals surface area contributed by atoms with Crippen molar-refractivity contribution in [3.8, 4) is 0 Å². The Balaban J connectivity index is 5.98. The molecule has 0 aromatic rings. The summed E-state index contributed by atoms with van der Waals surface area (Å²) in [6.07, 6.45) is 0. The molecule has 0 heterocycles. The van der Waals surface area contributed by atoms with Crippen LogP contribution in [0, 0.1) is 40.5 Å². The monoisotopic (exact) mass is 360 g/mol. The van der Waals surface area contributed by atoms with Crippen LogP contribution in [0.15, 0.2) is 0 Å². The molecule has 0 aromatic heterocycles. The second-order valence-corrected chi connectivity index (χ2v) is 3.99. The van der Waals surface area contributed by atoms with Crippen LogP contribution in [0.2, 0.25) is 0 Å². The average molecular weight is 360 g/mol. The lowest BCUT2D eigenvalue weighted by Crippen LogP contribution is -2.60. The second kappa shape index (κ2) is 6.66. The van der Waals surface area contributed by atoms with Crippen LogP contribution in [0.25, 0.3) is 0 Å². The fraction of sp³-hybridized carbons (Fsp3) is 0.667. The van der Waals surface area contributed by atoms with Gasteiger partial charge < -0.3 is 5.73 Å². The molecule has 0 saturated carbocycles. The zero-order valence-corrected chi connectivity index (χ0v) is 11.1. The summed E-state index contributed by atoms with van der Waals surface area (Å²) >= 11 is 0. The zero-order chi connectivity index (χ0) is 19.5. The first kappa shape index (κ1) is 20.4. The SMILES string of the molecule is NC(=O)C(=O)N(CC(F)([N+](=O)[O-])[N+](=O)[O-])CC(F)([N+](=O)[O-])[N+](=O)[O-]. The molecule has 0 aromatic carbocycles. The lowest BCUT2D eigenvalue weighted by atomic mass is 10.3. The minimum atomic E-state index is -4.74. The number of halogens is 2. The van der Waals surface area contributed by atoms with Crippen molar-refractivity contribution >= 4 is 11.8 Å². The van der Waals surface area contributed by atoms with E-state index < -0.39 is 61.3 Å². The number of rotatable bonds is 8. The molecule has 0 rings (SSSR count). The predicted octanol–water partition coefficient (Wildman–Crippen LogP) is -2.35. The van der Waals surface area contributed by atoms with Gasteiger partial charge in [-0.05, 0) is 0 Å². The molecule has 0 saturated heterocycles. The maximum absolute atomic E-state index is 13.7. The van der Waals surface area contributed by atoms with Crippen LogP contribution in [0.1, 0.15) is 0 Å². The van der Waals surface area contributed by atoms with Crippen molar-refractivity contribution in [3.05, 3.63) is 40.5 Å². The van der Waals surface area contributed by atoms with E-state index in [4.69, 9.17) is 0 Å². The molecule has 2 amide bonds. The average Bonchev–Trinajstić information content (AvgIpc) is 2.44. The highest BCUT2D eigenvalue weighted by Crippen LogP contribution is 2.20. The van der Waals surface area contributed by atoms with Crippen LogP contribution in [-0.4, -0.2) is 61.3 Å². The van der Waals surface area contributed by atoms with E-state index in [1.54, 1.807) is 0 Å². The van der Waals surface area contributed by atoms with E-state index in [0.29, 0.717) is 0 Å². The molecule has 0 unspecified atom stereocenters. The van der Waals surface area contributed by atoms with Crippen LogP contribution in [0.5, 0.6) is 0 Å². The maximum atomic E-state index is 13.7. The summed E-state index contributed by atoms with van der Waals surface area (Å²) in [5.74, 6) is -13.8. The van der Waals surface area contributed by atoms with Crippen molar-refractivity contribution in [1.29, 1.82) is 0 Å². The van der Waals surface area contributed by atoms with Gasteiger partial charge in [-0.1, -0.05) is 8.78 Å². The van der Waals surface area contributed by atoms with E-state index >= 15 is 0 Å². The summed E-state index contributed by atoms with van der Waals surface area (Å²) in [5.41, 5.74) is 4.42. The highest BCUT2D eigenvalue weighted by molar-refractivity contribution is 6.34. The molecule has 18 heteroatoms. The molecule has 0 radical (unpaired) electrons. The number of carbonyl (C=O) groups excluding carboxylic acids is 2. The molecular weight excluding hydrogens is 354 g/mol. The molecule has 0 bridgehead atoms. The number of hydrogen-bond donors (Lipinski definition) is 1. The summed E-state index contributed by atoms with van der Waals surface area (Å²) in [6, 6.07) is 0. The first-order valence-corrected chi connectivity index (χ1v) is 5.24. The summed E-state index contributed by atoms with van der Waals surface area (Å²) in [5, 5.41) is 41.6. The molecular formula is C6H6F2N6O10. The van der Waals surface area contributed by atoms with Crippen LogP contribution < -0.4 is 5.73 Å². The largest absolute Gasteiger partial charge is 0.631 e. The van der Waals surface area contributed by atoms with Gasteiger partial charge in [0.15, 0.2) is 0 Å². The lowest BCUT2D eigenvalue weighted by Gasteiger charge is -2.21. The molecule has 2 N–H and O–H groups in total. The van der Waals surface area contributed by atoms with Gasteiger partial charge in [0.2, 0.25) is 13.1 Å². The first-order valence-electron chi connectivity index (χ1n) is 5.24. The van der Waals surface area contributed by atoms with Gasteiger partial charge in [-0.15, -0.1) is 0 Å². The van der Waals surface area contributed by atoms with Crippen molar-refractivity contribution in [2.45, 2.75) is 11.8 Å². The number of nitro groups is 4. The lowest BCUT2D eigenvalue weighted by molar-refractivity contribution is -0.837. The molecule has 0 aliphatic heterocycles. The maximum Gasteiger partial charge on any atom is 0.631 e. The van der Waals surface area contributed by atoms with Crippen molar-refractivity contribution in [3.63, 3.8) is 0 Å². The third-order valence-electron chi connectivity index (χ3n) is 2.40. The zero-order valence-electron chi connectivity index (χ0n) is 11.1. The highest BCUT2D eigenvalue weighted by atomic mass is 19.2. The summed E-state index contributed by atoms with van der Waals surface area (Å²) < 4.78 is 27.4. The summed E-state index contributed by atoms with van der Waals surface area (Å²) in [6.45, 7) is -4.72. The van der Waals surface area contributed by atoms with Crippen molar-refractivity contribution in [2.24, 2.45) is 5.73 Å². The molecule has 0 fully saturated rings. The standard InChI is InChI=1S/C6H6F2N6O10/c7-5(11(17)18,12(19)20)1-10(4(16)3(9)15)2-6(8,13(21)22)14(23)24/h1-2H2,(H2,9,15). The Morgan fingerprint density at radius 1 is 0.833 bits per heavy atom. The highest BCUT2D eigenvalue weighted by Gasteiger charge is 2.65. The van der Waals surface area contributed by atoms with Crippen LogP contribution in [0.4, 0.5) is 8.78 Å². The van der Waals surface area contributed by atoms with E-state index in [0.717, 1.165) is 0 Å². The smallest absolute Gasteiger partial charge is 0.361 e. The van der Waals surface area contributed by atoms with Gasteiger partial charge in [0, 0.05) is 0 Å². The Kier molecular flexibility index (Phi) is 5.66. The molecule has 0 atom stereocenters. The van der Waals surface area contributed by atoms with Crippen molar-refractivity contribution in [1.82, 2.24) is 4.90 Å². The normalized spacial score (nSPS) is 11.4.